The molecule has 1 aromatic carbocycles. The second kappa shape index (κ2) is 7.63. The van der Waals surface area contributed by atoms with Crippen LogP contribution in [0, 0.1) is 5.92 Å². The van der Waals surface area contributed by atoms with Crippen molar-refractivity contribution in [2.45, 2.75) is 49.8 Å². The molecule has 1 aromatic heterocycles. The molecular weight excluding hydrogens is 380 g/mol. The molecule has 1 aliphatic heterocycles. The lowest BCUT2D eigenvalue weighted by molar-refractivity contribution is -0.114. The predicted octanol–water partition coefficient (Wildman–Crippen LogP) is 2.55. The van der Waals surface area contributed by atoms with Crippen molar-refractivity contribution in [3.05, 3.63) is 36.0 Å². The van der Waals surface area contributed by atoms with Crippen LogP contribution in [0.15, 0.2) is 33.7 Å². The van der Waals surface area contributed by atoms with Crippen molar-refractivity contribution in [3.63, 3.8) is 0 Å². The molecule has 9 heteroatoms. The number of hydrogen-bond acceptors (Lipinski definition) is 6. The van der Waals surface area contributed by atoms with Gasteiger partial charge in [0.25, 0.3) is 0 Å². The van der Waals surface area contributed by atoms with Gasteiger partial charge in [-0.1, -0.05) is 5.16 Å². The summed E-state index contributed by atoms with van der Waals surface area (Å²) in [7, 11) is -3.58. The van der Waals surface area contributed by atoms with Gasteiger partial charge in [0.05, 0.1) is 4.90 Å². The Morgan fingerprint density at radius 2 is 2.00 bits per heavy atom. The zero-order chi connectivity index (χ0) is 19.7. The largest absolute Gasteiger partial charge is 0.339 e. The molecule has 1 unspecified atom stereocenters. The number of rotatable bonds is 6. The maximum absolute atomic E-state index is 13.0. The monoisotopic (exact) mass is 404 g/mol. The number of anilines is 1. The molecule has 1 saturated heterocycles. The minimum atomic E-state index is -3.58. The first-order valence-corrected chi connectivity index (χ1v) is 11.1. The van der Waals surface area contributed by atoms with E-state index in [1.54, 1.807) is 12.1 Å². The predicted molar refractivity (Wildman–Crippen MR) is 102 cm³/mol. The highest BCUT2D eigenvalue weighted by molar-refractivity contribution is 7.89. The number of aromatic nitrogens is 2. The van der Waals surface area contributed by atoms with Crippen molar-refractivity contribution in [3.8, 4) is 0 Å². The number of nitrogens with zero attached hydrogens (tertiary/aromatic N) is 3. The van der Waals surface area contributed by atoms with Gasteiger partial charge in [0, 0.05) is 38.0 Å². The third kappa shape index (κ3) is 4.25. The number of hydrogen-bond donors (Lipinski definition) is 1. The summed E-state index contributed by atoms with van der Waals surface area (Å²) < 4.78 is 32.9. The van der Waals surface area contributed by atoms with Gasteiger partial charge in [-0.15, -0.1) is 0 Å². The quantitative estimate of drug-likeness (QED) is 0.793. The molecule has 0 radical (unpaired) electrons. The molecule has 8 nitrogen and oxygen atoms in total. The molecule has 28 heavy (non-hydrogen) atoms. The van der Waals surface area contributed by atoms with E-state index in [2.05, 4.69) is 15.5 Å². The lowest BCUT2D eigenvalue weighted by Crippen LogP contribution is -2.40. The average molecular weight is 404 g/mol. The third-order valence-electron chi connectivity index (χ3n) is 5.18. The van der Waals surface area contributed by atoms with Crippen LogP contribution < -0.4 is 5.32 Å². The fourth-order valence-corrected chi connectivity index (χ4v) is 5.13. The molecule has 4 rings (SSSR count). The average Bonchev–Trinajstić information content (AvgIpc) is 3.42. The molecular formula is C19H24N4O4S. The second-order valence-electron chi connectivity index (χ2n) is 7.60. The molecule has 1 aliphatic carbocycles. The lowest BCUT2D eigenvalue weighted by Gasteiger charge is -2.31. The summed E-state index contributed by atoms with van der Waals surface area (Å²) in [5.74, 6) is 1.80. The van der Waals surface area contributed by atoms with Gasteiger partial charge < -0.3 is 9.84 Å². The van der Waals surface area contributed by atoms with Gasteiger partial charge in [-0.25, -0.2) is 8.42 Å². The number of piperidine rings is 1. The summed E-state index contributed by atoms with van der Waals surface area (Å²) in [6, 6.07) is 6.27. The topological polar surface area (TPSA) is 105 Å². The molecule has 150 valence electrons. The second-order valence-corrected chi connectivity index (χ2v) is 9.54. The molecule has 0 spiro atoms. The maximum atomic E-state index is 13.0. The highest BCUT2D eigenvalue weighted by Crippen LogP contribution is 2.38. The first-order chi connectivity index (χ1) is 13.4. The normalized spacial score (nSPS) is 20.8. The van der Waals surface area contributed by atoms with Gasteiger partial charge in [0.1, 0.15) is 0 Å². The lowest BCUT2D eigenvalue weighted by atomic mass is 9.96. The smallest absolute Gasteiger partial charge is 0.243 e. The zero-order valence-corrected chi connectivity index (χ0v) is 16.6. The van der Waals surface area contributed by atoms with Crippen LogP contribution >= 0.6 is 0 Å². The third-order valence-corrected chi connectivity index (χ3v) is 7.06. The standard InChI is InChI=1S/C19H24N4O4S/c1-13(24)20-16-6-8-17(9-7-16)28(25,26)23-10-2-3-14(12-23)11-18-21-19(22-27-18)15-4-5-15/h6-9,14-15H,2-5,10-12H2,1H3,(H,20,24). The number of sulfonamides is 1. The molecule has 2 aliphatic rings. The van der Waals surface area contributed by atoms with Crippen molar-refractivity contribution in [2.75, 3.05) is 18.4 Å². The van der Waals surface area contributed by atoms with E-state index in [0.29, 0.717) is 37.0 Å². The van der Waals surface area contributed by atoms with Gasteiger partial charge in [-0.2, -0.15) is 9.29 Å². The van der Waals surface area contributed by atoms with Crippen LogP contribution in [-0.4, -0.2) is 41.9 Å². The molecule has 2 aromatic rings. The van der Waals surface area contributed by atoms with E-state index < -0.39 is 10.0 Å². The number of carbonyl (C=O) groups is 1. The molecule has 1 saturated carbocycles. The highest BCUT2D eigenvalue weighted by Gasteiger charge is 2.32. The van der Waals surface area contributed by atoms with E-state index in [1.165, 1.54) is 23.4 Å². The Kier molecular flexibility index (Phi) is 5.20. The van der Waals surface area contributed by atoms with Crippen LogP contribution in [-0.2, 0) is 21.2 Å². The number of nitrogens with one attached hydrogen (secondary N) is 1. The van der Waals surface area contributed by atoms with Gasteiger partial charge in [0.2, 0.25) is 21.8 Å². The van der Waals surface area contributed by atoms with E-state index >= 15 is 0 Å². The molecule has 1 N–H and O–H groups in total. The SMILES string of the molecule is CC(=O)Nc1ccc(S(=O)(=O)N2CCCC(Cc3nc(C4CC4)no3)C2)cc1. The van der Waals surface area contributed by atoms with E-state index in [9.17, 15) is 13.2 Å². The van der Waals surface area contributed by atoms with Gasteiger partial charge in [-0.3, -0.25) is 4.79 Å². The Balaban J connectivity index is 1.42. The van der Waals surface area contributed by atoms with Crippen molar-refractivity contribution >= 4 is 21.6 Å². The van der Waals surface area contributed by atoms with Crippen molar-refractivity contribution in [2.24, 2.45) is 5.92 Å². The Morgan fingerprint density at radius 3 is 2.68 bits per heavy atom. The summed E-state index contributed by atoms with van der Waals surface area (Å²) in [4.78, 5) is 15.8. The van der Waals surface area contributed by atoms with Gasteiger partial charge in [-0.05, 0) is 55.9 Å². The summed E-state index contributed by atoms with van der Waals surface area (Å²) >= 11 is 0. The molecule has 1 amide bonds. The molecule has 2 fully saturated rings. The van der Waals surface area contributed by atoms with Crippen molar-refractivity contribution < 1.29 is 17.7 Å². The fourth-order valence-electron chi connectivity index (χ4n) is 3.58. The summed E-state index contributed by atoms with van der Waals surface area (Å²) in [5.41, 5.74) is 0.575. The van der Waals surface area contributed by atoms with Crippen LogP contribution in [0.3, 0.4) is 0 Å². The molecule has 0 bridgehead atoms. The first-order valence-electron chi connectivity index (χ1n) is 9.62. The maximum Gasteiger partial charge on any atom is 0.243 e. The van der Waals surface area contributed by atoms with Crippen molar-refractivity contribution in [1.82, 2.24) is 14.4 Å². The van der Waals surface area contributed by atoms with Crippen LogP contribution in [0.1, 0.15) is 50.2 Å². The first kappa shape index (κ1) is 19.1. The summed E-state index contributed by atoms with van der Waals surface area (Å²) in [6.07, 6.45) is 4.59. The molecule has 2 heterocycles. The van der Waals surface area contributed by atoms with Crippen LogP contribution in [0.2, 0.25) is 0 Å². The minimum absolute atomic E-state index is 0.162. The van der Waals surface area contributed by atoms with Crippen molar-refractivity contribution in [1.29, 1.82) is 0 Å². The Morgan fingerprint density at radius 1 is 1.25 bits per heavy atom. The van der Waals surface area contributed by atoms with Crippen LogP contribution in [0.5, 0.6) is 0 Å². The Bertz CT molecular complexity index is 951. The zero-order valence-electron chi connectivity index (χ0n) is 15.8. The van der Waals surface area contributed by atoms with E-state index in [4.69, 9.17) is 4.52 Å². The summed E-state index contributed by atoms with van der Waals surface area (Å²) in [5, 5.41) is 6.68. The number of amides is 1. The highest BCUT2D eigenvalue weighted by atomic mass is 32.2. The number of benzene rings is 1. The Labute approximate surface area is 164 Å². The van der Waals surface area contributed by atoms with E-state index in [-0.39, 0.29) is 16.7 Å². The van der Waals surface area contributed by atoms with E-state index in [0.717, 1.165) is 31.5 Å². The number of carbonyl (C=O) groups excluding carboxylic acids is 1. The summed E-state index contributed by atoms with van der Waals surface area (Å²) in [6.45, 7) is 2.36. The van der Waals surface area contributed by atoms with Crippen LogP contribution in [0.4, 0.5) is 5.69 Å². The van der Waals surface area contributed by atoms with Gasteiger partial charge >= 0.3 is 0 Å². The molecule has 1 atom stereocenters. The minimum Gasteiger partial charge on any atom is -0.339 e. The van der Waals surface area contributed by atoms with Crippen LogP contribution in [0.25, 0.3) is 0 Å². The van der Waals surface area contributed by atoms with E-state index in [1.807, 2.05) is 0 Å². The van der Waals surface area contributed by atoms with Gasteiger partial charge in [0.15, 0.2) is 5.82 Å². The fraction of sp³-hybridized carbons (Fsp3) is 0.526. The Hall–Kier alpha value is -2.26.